The third-order valence-corrected chi connectivity index (χ3v) is 4.05. The van der Waals surface area contributed by atoms with Crippen molar-refractivity contribution in [2.45, 2.75) is 19.9 Å². The van der Waals surface area contributed by atoms with Crippen molar-refractivity contribution < 1.29 is 18.8 Å². The predicted molar refractivity (Wildman–Crippen MR) is 100 cm³/mol. The molecule has 0 radical (unpaired) electrons. The molecule has 8 heteroatoms. The number of hydrogen-bond donors (Lipinski definition) is 2. The maximum absolute atomic E-state index is 13.1. The van der Waals surface area contributed by atoms with Gasteiger partial charge < -0.3 is 15.4 Å². The number of benzene rings is 2. The third-order valence-electron chi connectivity index (χ3n) is 4.05. The molecule has 2 aromatic carbocycles. The number of non-ortho nitro benzene ring substituents is 1. The van der Waals surface area contributed by atoms with Crippen molar-refractivity contribution in [2.75, 3.05) is 19.0 Å². The van der Waals surface area contributed by atoms with Crippen LogP contribution in [0.1, 0.15) is 25.5 Å². The highest BCUT2D eigenvalue weighted by Gasteiger charge is 2.18. The maximum Gasteiger partial charge on any atom is 0.271 e. The first-order valence-electron chi connectivity index (χ1n) is 8.43. The first-order valence-corrected chi connectivity index (χ1v) is 8.43. The minimum atomic E-state index is -0.545. The number of halogens is 1. The molecule has 27 heavy (non-hydrogen) atoms. The molecule has 0 heterocycles. The van der Waals surface area contributed by atoms with E-state index in [1.807, 2.05) is 13.8 Å². The Kier molecular flexibility index (Phi) is 6.84. The molecule has 0 aliphatic carbocycles. The molecule has 0 bridgehead atoms. The summed E-state index contributed by atoms with van der Waals surface area (Å²) in [4.78, 5) is 22.7. The van der Waals surface area contributed by atoms with E-state index in [1.165, 1.54) is 37.4 Å². The summed E-state index contributed by atoms with van der Waals surface area (Å²) < 4.78 is 18.3. The van der Waals surface area contributed by atoms with Crippen LogP contribution in [0, 0.1) is 21.8 Å². The van der Waals surface area contributed by atoms with E-state index < -0.39 is 4.92 Å². The molecule has 7 nitrogen and oxygen atoms in total. The lowest BCUT2D eigenvalue weighted by Gasteiger charge is -2.23. The minimum absolute atomic E-state index is 0.0218. The molecule has 0 aliphatic rings. The van der Waals surface area contributed by atoms with Crippen molar-refractivity contribution in [2.24, 2.45) is 5.92 Å². The number of rotatable bonds is 8. The fourth-order valence-electron chi connectivity index (χ4n) is 2.71. The smallest absolute Gasteiger partial charge is 0.271 e. The van der Waals surface area contributed by atoms with E-state index in [9.17, 15) is 19.3 Å². The number of hydrogen-bond acceptors (Lipinski definition) is 5. The largest absolute Gasteiger partial charge is 0.495 e. The number of nitrogens with zero attached hydrogens (tertiary/aromatic N) is 1. The van der Waals surface area contributed by atoms with Crippen molar-refractivity contribution in [3.63, 3.8) is 0 Å². The molecule has 1 atom stereocenters. The summed E-state index contributed by atoms with van der Waals surface area (Å²) in [5.41, 5.74) is 0.943. The van der Waals surface area contributed by atoms with Crippen LogP contribution in [-0.4, -0.2) is 24.5 Å². The van der Waals surface area contributed by atoms with Crippen LogP contribution < -0.4 is 15.4 Å². The summed E-state index contributed by atoms with van der Waals surface area (Å²) in [5, 5.41) is 16.7. The Hall–Kier alpha value is -3.00. The van der Waals surface area contributed by atoms with Gasteiger partial charge in [0.25, 0.3) is 5.69 Å². The zero-order chi connectivity index (χ0) is 20.0. The van der Waals surface area contributed by atoms with Crippen LogP contribution in [0.3, 0.4) is 0 Å². The topological polar surface area (TPSA) is 93.5 Å². The van der Waals surface area contributed by atoms with Gasteiger partial charge in [-0.05, 0) is 29.7 Å². The molecule has 0 spiro atoms. The highest BCUT2D eigenvalue weighted by Crippen LogP contribution is 2.29. The fraction of sp³-hybridized carbons (Fsp3) is 0.316. The Bertz CT molecular complexity index is 809. The van der Waals surface area contributed by atoms with Gasteiger partial charge in [-0.2, -0.15) is 0 Å². The van der Waals surface area contributed by atoms with Gasteiger partial charge >= 0.3 is 0 Å². The van der Waals surface area contributed by atoms with Gasteiger partial charge in [0, 0.05) is 18.2 Å². The van der Waals surface area contributed by atoms with Gasteiger partial charge in [0.1, 0.15) is 11.6 Å². The van der Waals surface area contributed by atoms with E-state index in [4.69, 9.17) is 4.74 Å². The third kappa shape index (κ3) is 5.49. The number of carbonyl (C=O) groups is 1. The Balaban J connectivity index is 2.07. The van der Waals surface area contributed by atoms with E-state index in [1.54, 1.807) is 12.1 Å². The summed E-state index contributed by atoms with van der Waals surface area (Å²) in [5.74, 6) is -0.207. The first kappa shape index (κ1) is 20.3. The van der Waals surface area contributed by atoms with E-state index in [0.717, 1.165) is 5.56 Å². The van der Waals surface area contributed by atoms with Gasteiger partial charge in [-0.1, -0.05) is 26.0 Å². The molecular weight excluding hydrogens is 353 g/mol. The number of nitrogens with one attached hydrogen (secondary N) is 2. The lowest BCUT2D eigenvalue weighted by atomic mass is 9.96. The highest BCUT2D eigenvalue weighted by molar-refractivity contribution is 5.94. The lowest BCUT2D eigenvalue weighted by Crippen LogP contribution is -2.33. The standard InChI is InChI=1S/C19H22FN3O4/c1-12(2)19(13-4-6-14(20)7-5-13)21-11-18(24)22-16-10-15(23(25)26)8-9-17(16)27-3/h4-10,12,19,21H,11H2,1-3H3,(H,22,24)/t19-/m1/s1. The van der Waals surface area contributed by atoms with Crippen LogP contribution in [0.25, 0.3) is 0 Å². The molecule has 0 saturated carbocycles. The second-order valence-electron chi connectivity index (χ2n) is 6.34. The second kappa shape index (κ2) is 9.09. The van der Waals surface area contributed by atoms with Crippen molar-refractivity contribution >= 4 is 17.3 Å². The van der Waals surface area contributed by atoms with Crippen molar-refractivity contribution in [3.8, 4) is 5.75 Å². The number of anilines is 1. The zero-order valence-corrected chi connectivity index (χ0v) is 15.4. The normalized spacial score (nSPS) is 11.9. The van der Waals surface area contributed by atoms with Gasteiger partial charge in [-0.3, -0.25) is 14.9 Å². The zero-order valence-electron chi connectivity index (χ0n) is 15.4. The van der Waals surface area contributed by atoms with Crippen LogP contribution in [0.4, 0.5) is 15.8 Å². The van der Waals surface area contributed by atoms with E-state index in [2.05, 4.69) is 10.6 Å². The van der Waals surface area contributed by atoms with E-state index in [-0.39, 0.29) is 41.6 Å². The summed E-state index contributed by atoms with van der Waals surface area (Å²) in [7, 11) is 1.42. The molecule has 0 fully saturated rings. The average Bonchev–Trinajstić information content (AvgIpc) is 2.63. The number of amides is 1. The molecule has 0 aliphatic heterocycles. The Labute approximate surface area is 156 Å². The van der Waals surface area contributed by atoms with E-state index in [0.29, 0.717) is 5.75 Å². The Morgan fingerprint density at radius 2 is 1.89 bits per heavy atom. The molecular formula is C19H22FN3O4. The van der Waals surface area contributed by atoms with Crippen LogP contribution >= 0.6 is 0 Å². The minimum Gasteiger partial charge on any atom is -0.495 e. The van der Waals surface area contributed by atoms with Crippen LogP contribution in [0.2, 0.25) is 0 Å². The molecule has 1 amide bonds. The number of ether oxygens (including phenoxy) is 1. The van der Waals surface area contributed by atoms with Gasteiger partial charge in [-0.15, -0.1) is 0 Å². The maximum atomic E-state index is 13.1. The Morgan fingerprint density at radius 3 is 2.44 bits per heavy atom. The quantitative estimate of drug-likeness (QED) is 0.542. The van der Waals surface area contributed by atoms with Gasteiger partial charge in [0.05, 0.1) is 24.3 Å². The Morgan fingerprint density at radius 1 is 1.22 bits per heavy atom. The summed E-state index contributed by atoms with van der Waals surface area (Å²) in [6, 6.07) is 9.93. The lowest BCUT2D eigenvalue weighted by molar-refractivity contribution is -0.384. The monoisotopic (exact) mass is 375 g/mol. The first-order chi connectivity index (χ1) is 12.8. The molecule has 0 aromatic heterocycles. The van der Waals surface area contributed by atoms with Crippen LogP contribution in [0.5, 0.6) is 5.75 Å². The predicted octanol–water partition coefficient (Wildman–Crippen LogP) is 3.67. The number of methoxy groups -OCH3 is 1. The van der Waals surface area contributed by atoms with Crippen molar-refractivity contribution in [1.82, 2.24) is 5.32 Å². The summed E-state index contributed by atoms with van der Waals surface area (Å²) in [6.07, 6.45) is 0. The number of nitro groups is 1. The molecule has 0 saturated heterocycles. The summed E-state index contributed by atoms with van der Waals surface area (Å²) in [6.45, 7) is 3.96. The molecule has 2 aromatic rings. The highest BCUT2D eigenvalue weighted by atomic mass is 19.1. The second-order valence-corrected chi connectivity index (χ2v) is 6.34. The molecule has 2 rings (SSSR count). The number of carbonyl (C=O) groups excluding carboxylic acids is 1. The van der Waals surface area contributed by atoms with Crippen LogP contribution in [0.15, 0.2) is 42.5 Å². The number of nitro benzene ring substituents is 1. The molecule has 2 N–H and O–H groups in total. The fourth-order valence-corrected chi connectivity index (χ4v) is 2.71. The SMILES string of the molecule is COc1ccc([N+](=O)[O-])cc1NC(=O)CN[C@@H](c1ccc(F)cc1)C(C)C. The van der Waals surface area contributed by atoms with Gasteiger partial charge in [0.15, 0.2) is 0 Å². The van der Waals surface area contributed by atoms with Gasteiger partial charge in [0.2, 0.25) is 5.91 Å². The van der Waals surface area contributed by atoms with Crippen LogP contribution in [-0.2, 0) is 4.79 Å². The van der Waals surface area contributed by atoms with E-state index >= 15 is 0 Å². The average molecular weight is 375 g/mol. The molecule has 0 unspecified atom stereocenters. The van der Waals surface area contributed by atoms with Crippen molar-refractivity contribution in [3.05, 3.63) is 64.0 Å². The van der Waals surface area contributed by atoms with Crippen molar-refractivity contribution in [1.29, 1.82) is 0 Å². The summed E-state index contributed by atoms with van der Waals surface area (Å²) >= 11 is 0. The molecule has 144 valence electrons. The van der Waals surface area contributed by atoms with Gasteiger partial charge in [-0.25, -0.2) is 4.39 Å².